The summed E-state index contributed by atoms with van der Waals surface area (Å²) in [4.78, 5) is 0. The topological polar surface area (TPSA) is 13.1 Å². The Labute approximate surface area is 85.6 Å². The number of benzene rings is 1. The van der Waals surface area contributed by atoms with Crippen LogP contribution in [-0.4, -0.2) is 0 Å². The molecule has 2 aromatic heterocycles. The molecule has 2 heteroatoms. The molecule has 1 nitrogen and oxygen atoms in total. The molecule has 0 N–H and O–H groups in total. The second kappa shape index (κ2) is 3.00. The van der Waals surface area contributed by atoms with Crippen molar-refractivity contribution < 1.29 is 4.42 Å². The van der Waals surface area contributed by atoms with Gasteiger partial charge in [-0.15, -0.1) is 0 Å². The van der Waals surface area contributed by atoms with Crippen molar-refractivity contribution in [3.63, 3.8) is 0 Å². The van der Waals surface area contributed by atoms with Crippen LogP contribution < -0.4 is 0 Å². The van der Waals surface area contributed by atoms with Crippen LogP contribution >= 0.6 is 11.3 Å². The van der Waals surface area contributed by atoms with E-state index in [0.717, 1.165) is 5.58 Å². The molecule has 0 aliphatic carbocycles. The van der Waals surface area contributed by atoms with Gasteiger partial charge >= 0.3 is 0 Å². The second-order valence-corrected chi connectivity index (χ2v) is 3.94. The number of rotatable bonds is 1. The molecule has 0 bridgehead atoms. The van der Waals surface area contributed by atoms with Crippen molar-refractivity contribution in [3.05, 3.63) is 47.4 Å². The van der Waals surface area contributed by atoms with Crippen molar-refractivity contribution in [2.45, 2.75) is 0 Å². The van der Waals surface area contributed by atoms with Crippen molar-refractivity contribution >= 4 is 22.3 Å². The number of hydrogen-bond acceptors (Lipinski definition) is 2. The van der Waals surface area contributed by atoms with Gasteiger partial charge < -0.3 is 4.42 Å². The Morgan fingerprint density at radius 2 is 2.00 bits per heavy atom. The van der Waals surface area contributed by atoms with Crippen molar-refractivity contribution in [1.29, 1.82) is 0 Å². The quantitative estimate of drug-likeness (QED) is 0.574. The van der Waals surface area contributed by atoms with E-state index < -0.39 is 0 Å². The maximum absolute atomic E-state index is 5.48. The molecule has 0 atom stereocenters. The highest BCUT2D eigenvalue weighted by atomic mass is 32.1. The van der Waals surface area contributed by atoms with E-state index in [1.54, 1.807) is 11.3 Å². The summed E-state index contributed by atoms with van der Waals surface area (Å²) >= 11 is 1.70. The van der Waals surface area contributed by atoms with Crippen molar-refractivity contribution in [2.75, 3.05) is 0 Å². The van der Waals surface area contributed by atoms with Gasteiger partial charge in [0.25, 0.3) is 0 Å². The minimum absolute atomic E-state index is 0.953. The van der Waals surface area contributed by atoms with E-state index in [-0.39, 0.29) is 0 Å². The first kappa shape index (κ1) is 7.83. The SMILES string of the molecule is c1ccc2c(-c3ccsc3)coc2c1. The summed E-state index contributed by atoms with van der Waals surface area (Å²) in [6.45, 7) is 0. The van der Waals surface area contributed by atoms with Crippen LogP contribution in [-0.2, 0) is 0 Å². The molecule has 2 heterocycles. The maximum atomic E-state index is 5.48. The monoisotopic (exact) mass is 200 g/mol. The lowest BCUT2D eigenvalue weighted by Crippen LogP contribution is -1.68. The van der Waals surface area contributed by atoms with Crippen molar-refractivity contribution in [3.8, 4) is 11.1 Å². The number of para-hydroxylation sites is 1. The Balaban J connectivity index is 2.33. The van der Waals surface area contributed by atoms with Crippen molar-refractivity contribution in [2.24, 2.45) is 0 Å². The molecule has 0 radical (unpaired) electrons. The molecule has 0 spiro atoms. The average molecular weight is 200 g/mol. The van der Waals surface area contributed by atoms with Crippen LogP contribution in [0.15, 0.2) is 51.8 Å². The van der Waals surface area contributed by atoms with Gasteiger partial charge in [-0.1, -0.05) is 18.2 Å². The fourth-order valence-electron chi connectivity index (χ4n) is 1.62. The maximum Gasteiger partial charge on any atom is 0.134 e. The van der Waals surface area contributed by atoms with Crippen molar-refractivity contribution in [1.82, 2.24) is 0 Å². The van der Waals surface area contributed by atoms with E-state index >= 15 is 0 Å². The minimum Gasteiger partial charge on any atom is -0.464 e. The van der Waals surface area contributed by atoms with E-state index in [9.17, 15) is 0 Å². The summed E-state index contributed by atoms with van der Waals surface area (Å²) in [6.07, 6.45) is 1.83. The van der Waals surface area contributed by atoms with Crippen LogP contribution in [0.3, 0.4) is 0 Å². The van der Waals surface area contributed by atoms with Gasteiger partial charge in [0, 0.05) is 10.9 Å². The minimum atomic E-state index is 0.953. The van der Waals surface area contributed by atoms with E-state index in [0.29, 0.717) is 0 Å². The number of furan rings is 1. The third-order valence-electron chi connectivity index (χ3n) is 2.31. The standard InChI is InChI=1S/C12H8OS/c1-2-4-12-10(3-1)11(7-13-12)9-5-6-14-8-9/h1-8H. The fourth-order valence-corrected chi connectivity index (χ4v) is 2.27. The molecule has 0 saturated carbocycles. The van der Waals surface area contributed by atoms with Crippen LogP contribution in [0.1, 0.15) is 0 Å². The van der Waals surface area contributed by atoms with Crippen LogP contribution in [0, 0.1) is 0 Å². The van der Waals surface area contributed by atoms with Gasteiger partial charge in [-0.2, -0.15) is 11.3 Å². The van der Waals surface area contributed by atoms with Crippen LogP contribution in [0.2, 0.25) is 0 Å². The molecule has 0 aliphatic heterocycles. The first-order valence-corrected chi connectivity index (χ1v) is 5.38. The predicted molar refractivity (Wildman–Crippen MR) is 59.5 cm³/mol. The van der Waals surface area contributed by atoms with E-state index in [4.69, 9.17) is 4.42 Å². The average Bonchev–Trinajstić information content (AvgIpc) is 2.85. The Bertz CT molecular complexity index is 548. The first-order valence-electron chi connectivity index (χ1n) is 4.44. The first-order chi connectivity index (χ1) is 6.95. The molecule has 1 aromatic carbocycles. The normalized spacial score (nSPS) is 10.9. The second-order valence-electron chi connectivity index (χ2n) is 3.16. The fraction of sp³-hybridized carbons (Fsp3) is 0. The molecule has 68 valence electrons. The Hall–Kier alpha value is -1.54. The number of thiophene rings is 1. The van der Waals surface area contributed by atoms with Crippen LogP contribution in [0.5, 0.6) is 0 Å². The van der Waals surface area contributed by atoms with Gasteiger partial charge in [-0.3, -0.25) is 0 Å². The van der Waals surface area contributed by atoms with Gasteiger partial charge in [-0.05, 0) is 28.5 Å². The zero-order valence-electron chi connectivity index (χ0n) is 7.44. The molecule has 14 heavy (non-hydrogen) atoms. The zero-order valence-corrected chi connectivity index (χ0v) is 8.25. The van der Waals surface area contributed by atoms with Gasteiger partial charge in [0.15, 0.2) is 0 Å². The van der Waals surface area contributed by atoms with Gasteiger partial charge in [0.1, 0.15) is 5.58 Å². The summed E-state index contributed by atoms with van der Waals surface area (Å²) in [5, 5.41) is 5.40. The molecular formula is C12H8OS. The number of hydrogen-bond donors (Lipinski definition) is 0. The lowest BCUT2D eigenvalue weighted by molar-refractivity contribution is 0.617. The lowest BCUT2D eigenvalue weighted by Gasteiger charge is -1.91. The highest BCUT2D eigenvalue weighted by Crippen LogP contribution is 2.31. The Morgan fingerprint density at radius 1 is 1.07 bits per heavy atom. The third kappa shape index (κ3) is 1.08. The predicted octanol–water partition coefficient (Wildman–Crippen LogP) is 4.16. The van der Waals surface area contributed by atoms with Crippen LogP contribution in [0.25, 0.3) is 22.1 Å². The highest BCUT2D eigenvalue weighted by Gasteiger charge is 2.06. The molecule has 3 rings (SSSR count). The van der Waals surface area contributed by atoms with Crippen LogP contribution in [0.4, 0.5) is 0 Å². The summed E-state index contributed by atoms with van der Waals surface area (Å²) < 4.78 is 5.48. The molecule has 3 aromatic rings. The molecule has 0 unspecified atom stereocenters. The molecule has 0 amide bonds. The zero-order chi connectivity index (χ0) is 9.38. The van der Waals surface area contributed by atoms with Gasteiger partial charge in [-0.25, -0.2) is 0 Å². The summed E-state index contributed by atoms with van der Waals surface area (Å²) in [7, 11) is 0. The van der Waals surface area contributed by atoms with E-state index in [1.807, 2.05) is 24.5 Å². The third-order valence-corrected chi connectivity index (χ3v) is 3.00. The smallest absolute Gasteiger partial charge is 0.134 e. The Morgan fingerprint density at radius 3 is 2.86 bits per heavy atom. The molecular weight excluding hydrogens is 192 g/mol. The molecule has 0 saturated heterocycles. The van der Waals surface area contributed by atoms with E-state index in [2.05, 4.69) is 22.9 Å². The molecule has 0 fully saturated rings. The summed E-state index contributed by atoms with van der Waals surface area (Å²) in [5.74, 6) is 0. The molecule has 0 aliphatic rings. The largest absolute Gasteiger partial charge is 0.464 e. The summed E-state index contributed by atoms with van der Waals surface area (Å²) in [6, 6.07) is 10.2. The highest BCUT2D eigenvalue weighted by molar-refractivity contribution is 7.08. The van der Waals surface area contributed by atoms with Gasteiger partial charge in [0.05, 0.1) is 6.26 Å². The Kier molecular flexibility index (Phi) is 1.67. The van der Waals surface area contributed by atoms with E-state index in [1.165, 1.54) is 16.5 Å². The van der Waals surface area contributed by atoms with Gasteiger partial charge in [0.2, 0.25) is 0 Å². The number of fused-ring (bicyclic) bond motifs is 1. The summed E-state index contributed by atoms with van der Waals surface area (Å²) in [5.41, 5.74) is 3.37. The lowest BCUT2D eigenvalue weighted by atomic mass is 10.1.